The number of aromatic hydroxyl groups is 1. The smallest absolute Gasteiger partial charge is 0.132 e. The molecular formula is C15H12F2N2O. The van der Waals surface area contributed by atoms with E-state index in [1.807, 2.05) is 0 Å². The first-order valence-corrected chi connectivity index (χ1v) is 5.93. The Labute approximate surface area is 115 Å². The minimum absolute atomic E-state index is 0.0466. The summed E-state index contributed by atoms with van der Waals surface area (Å²) in [6.45, 7) is 1.72. The molecule has 3 nitrogen and oxygen atoms in total. The Morgan fingerprint density at radius 3 is 2.40 bits per heavy atom. The van der Waals surface area contributed by atoms with Gasteiger partial charge in [-0.05, 0) is 42.8 Å². The number of nitrogens with one attached hydrogen (secondary N) is 1. The van der Waals surface area contributed by atoms with Crippen molar-refractivity contribution in [1.29, 1.82) is 5.26 Å². The minimum Gasteiger partial charge on any atom is -0.508 e. The van der Waals surface area contributed by atoms with Crippen LogP contribution < -0.4 is 5.32 Å². The van der Waals surface area contributed by atoms with Crippen molar-refractivity contribution in [3.05, 3.63) is 58.7 Å². The van der Waals surface area contributed by atoms with Gasteiger partial charge in [0.05, 0.1) is 11.6 Å². The second-order valence-corrected chi connectivity index (χ2v) is 4.38. The van der Waals surface area contributed by atoms with E-state index >= 15 is 0 Å². The molecule has 0 aromatic heterocycles. The van der Waals surface area contributed by atoms with Crippen molar-refractivity contribution in [3.8, 4) is 11.8 Å². The topological polar surface area (TPSA) is 56.0 Å². The lowest BCUT2D eigenvalue weighted by molar-refractivity contribution is 0.475. The van der Waals surface area contributed by atoms with E-state index in [-0.39, 0.29) is 23.4 Å². The maximum atomic E-state index is 13.7. The molecule has 0 atom stereocenters. The lowest BCUT2D eigenvalue weighted by Gasteiger charge is -2.11. The molecule has 0 aliphatic carbocycles. The Hall–Kier alpha value is -2.61. The number of halogens is 2. The molecule has 0 amide bonds. The second kappa shape index (κ2) is 5.57. The van der Waals surface area contributed by atoms with E-state index in [0.29, 0.717) is 5.69 Å². The van der Waals surface area contributed by atoms with Gasteiger partial charge in [-0.15, -0.1) is 0 Å². The Morgan fingerprint density at radius 1 is 1.20 bits per heavy atom. The molecule has 20 heavy (non-hydrogen) atoms. The van der Waals surface area contributed by atoms with Gasteiger partial charge in [0.1, 0.15) is 17.4 Å². The van der Waals surface area contributed by atoms with E-state index in [2.05, 4.69) is 5.32 Å². The van der Waals surface area contributed by atoms with Crippen LogP contribution >= 0.6 is 0 Å². The molecule has 0 aliphatic heterocycles. The largest absolute Gasteiger partial charge is 0.508 e. The summed E-state index contributed by atoms with van der Waals surface area (Å²) in [4.78, 5) is 0. The van der Waals surface area contributed by atoms with Crippen LogP contribution in [0.5, 0.6) is 5.75 Å². The molecule has 0 saturated heterocycles. The van der Waals surface area contributed by atoms with E-state index in [1.54, 1.807) is 25.1 Å². The molecule has 2 aromatic rings. The number of nitrogens with zero attached hydrogens (tertiary/aromatic N) is 1. The summed E-state index contributed by atoms with van der Waals surface area (Å²) in [6, 6.07) is 8.37. The van der Waals surface area contributed by atoms with Gasteiger partial charge in [0.2, 0.25) is 0 Å². The molecule has 0 bridgehead atoms. The SMILES string of the molecule is Cc1cc(O)ccc1NCc1c(F)cc(C#N)cc1F. The average molecular weight is 274 g/mol. The molecule has 0 radical (unpaired) electrons. The number of hydrogen-bond acceptors (Lipinski definition) is 3. The zero-order chi connectivity index (χ0) is 14.7. The van der Waals surface area contributed by atoms with Gasteiger partial charge >= 0.3 is 0 Å². The van der Waals surface area contributed by atoms with Crippen molar-refractivity contribution in [2.75, 3.05) is 5.32 Å². The third-order valence-corrected chi connectivity index (χ3v) is 2.94. The summed E-state index contributed by atoms with van der Waals surface area (Å²) in [6.07, 6.45) is 0. The molecule has 2 rings (SSSR count). The maximum absolute atomic E-state index is 13.7. The fraction of sp³-hybridized carbons (Fsp3) is 0.133. The molecule has 5 heteroatoms. The molecular weight excluding hydrogens is 262 g/mol. The van der Waals surface area contributed by atoms with Crippen LogP contribution in [0.4, 0.5) is 14.5 Å². The highest BCUT2D eigenvalue weighted by Gasteiger charge is 2.11. The van der Waals surface area contributed by atoms with Gasteiger partial charge in [-0.2, -0.15) is 5.26 Å². The number of hydrogen-bond donors (Lipinski definition) is 2. The van der Waals surface area contributed by atoms with Crippen molar-refractivity contribution in [1.82, 2.24) is 0 Å². The normalized spacial score (nSPS) is 10.1. The highest BCUT2D eigenvalue weighted by atomic mass is 19.1. The number of rotatable bonds is 3. The van der Waals surface area contributed by atoms with Gasteiger partial charge in [-0.25, -0.2) is 8.78 Å². The third-order valence-electron chi connectivity index (χ3n) is 2.94. The summed E-state index contributed by atoms with van der Waals surface area (Å²) in [5.74, 6) is -1.39. The molecule has 0 spiro atoms. The van der Waals surface area contributed by atoms with Crippen LogP contribution in [0.3, 0.4) is 0 Å². The summed E-state index contributed by atoms with van der Waals surface area (Å²) in [5, 5.41) is 20.8. The molecule has 2 N–H and O–H groups in total. The molecule has 0 saturated carbocycles. The van der Waals surface area contributed by atoms with Gasteiger partial charge in [-0.3, -0.25) is 0 Å². The van der Waals surface area contributed by atoms with Gasteiger partial charge in [0.25, 0.3) is 0 Å². The van der Waals surface area contributed by atoms with Crippen LogP contribution in [0.25, 0.3) is 0 Å². The number of benzene rings is 2. The lowest BCUT2D eigenvalue weighted by Crippen LogP contribution is -2.06. The predicted octanol–water partition coefficient (Wildman–Crippen LogP) is 3.46. The fourth-order valence-electron chi connectivity index (χ4n) is 1.87. The van der Waals surface area contributed by atoms with Gasteiger partial charge in [0, 0.05) is 17.8 Å². The molecule has 0 heterocycles. The maximum Gasteiger partial charge on any atom is 0.132 e. The second-order valence-electron chi connectivity index (χ2n) is 4.38. The highest BCUT2D eigenvalue weighted by molar-refractivity contribution is 5.53. The number of phenols is 1. The minimum atomic E-state index is -0.759. The van der Waals surface area contributed by atoms with E-state index in [1.165, 1.54) is 6.07 Å². The quantitative estimate of drug-likeness (QED) is 0.843. The molecule has 0 aliphatic rings. The van der Waals surface area contributed by atoms with E-state index in [0.717, 1.165) is 17.7 Å². The van der Waals surface area contributed by atoms with Crippen LogP contribution in [0.2, 0.25) is 0 Å². The molecule has 102 valence electrons. The summed E-state index contributed by atoms with van der Waals surface area (Å²) < 4.78 is 27.4. The van der Waals surface area contributed by atoms with E-state index in [9.17, 15) is 13.9 Å². The first-order chi connectivity index (χ1) is 9.51. The highest BCUT2D eigenvalue weighted by Crippen LogP contribution is 2.22. The lowest BCUT2D eigenvalue weighted by atomic mass is 10.1. The summed E-state index contributed by atoms with van der Waals surface area (Å²) >= 11 is 0. The molecule has 0 fully saturated rings. The molecule has 0 unspecified atom stereocenters. The van der Waals surface area contributed by atoms with E-state index in [4.69, 9.17) is 5.26 Å². The third kappa shape index (κ3) is 2.86. The van der Waals surface area contributed by atoms with Crippen LogP contribution in [0.1, 0.15) is 16.7 Å². The van der Waals surface area contributed by atoms with Gasteiger partial charge < -0.3 is 10.4 Å². The first-order valence-electron chi connectivity index (χ1n) is 5.93. The standard InChI is InChI=1S/C15H12F2N2O/c1-9-4-11(20)2-3-15(9)19-8-12-13(16)5-10(7-18)6-14(12)17/h2-6,19-20H,8H2,1H3. The number of phenolic OH excluding ortho intramolecular Hbond substituents is 1. The Kier molecular flexibility index (Phi) is 3.85. The fourth-order valence-corrected chi connectivity index (χ4v) is 1.87. The average Bonchev–Trinajstić information content (AvgIpc) is 2.39. The Bertz CT molecular complexity index is 670. The molecule has 2 aromatic carbocycles. The summed E-state index contributed by atoms with van der Waals surface area (Å²) in [5.41, 5.74) is 1.26. The number of aryl methyl sites for hydroxylation is 1. The van der Waals surface area contributed by atoms with Crippen molar-refractivity contribution in [3.63, 3.8) is 0 Å². The van der Waals surface area contributed by atoms with Crippen molar-refractivity contribution < 1.29 is 13.9 Å². The van der Waals surface area contributed by atoms with E-state index < -0.39 is 11.6 Å². The Morgan fingerprint density at radius 2 is 1.85 bits per heavy atom. The predicted molar refractivity (Wildman–Crippen MR) is 71.2 cm³/mol. The first kappa shape index (κ1) is 13.8. The van der Waals surface area contributed by atoms with Gasteiger partial charge in [-0.1, -0.05) is 0 Å². The van der Waals surface area contributed by atoms with Crippen LogP contribution in [0.15, 0.2) is 30.3 Å². The Balaban J connectivity index is 2.21. The van der Waals surface area contributed by atoms with Crippen LogP contribution in [-0.2, 0) is 6.54 Å². The number of nitriles is 1. The van der Waals surface area contributed by atoms with Crippen molar-refractivity contribution >= 4 is 5.69 Å². The number of anilines is 1. The monoisotopic (exact) mass is 274 g/mol. The van der Waals surface area contributed by atoms with Crippen LogP contribution in [0, 0.1) is 29.9 Å². The zero-order valence-corrected chi connectivity index (χ0v) is 10.7. The van der Waals surface area contributed by atoms with Gasteiger partial charge in [0.15, 0.2) is 0 Å². The zero-order valence-electron chi connectivity index (χ0n) is 10.7. The van der Waals surface area contributed by atoms with Crippen LogP contribution in [-0.4, -0.2) is 5.11 Å². The van der Waals surface area contributed by atoms with Crippen molar-refractivity contribution in [2.45, 2.75) is 13.5 Å². The van der Waals surface area contributed by atoms with Crippen molar-refractivity contribution in [2.24, 2.45) is 0 Å². The summed E-state index contributed by atoms with van der Waals surface area (Å²) in [7, 11) is 0.